The molecule has 1 aliphatic heterocycles. The minimum absolute atomic E-state index is 0.0638. The van der Waals surface area contributed by atoms with Crippen molar-refractivity contribution in [2.75, 3.05) is 26.8 Å². The first-order valence-electron chi connectivity index (χ1n) is 8.52. The van der Waals surface area contributed by atoms with E-state index < -0.39 is 0 Å². The summed E-state index contributed by atoms with van der Waals surface area (Å²) in [4.78, 5) is 14.3. The quantitative estimate of drug-likeness (QED) is 0.877. The Hall–Kier alpha value is -2.53. The Balaban J connectivity index is 1.54. The second-order valence-electron chi connectivity index (χ2n) is 6.26. The number of nitrogens with two attached hydrogens (primary N) is 1. The van der Waals surface area contributed by atoms with Crippen LogP contribution in [0.15, 0.2) is 54.6 Å². The summed E-state index contributed by atoms with van der Waals surface area (Å²) in [6.45, 7) is 1.59. The van der Waals surface area contributed by atoms with E-state index in [0.29, 0.717) is 26.1 Å². The van der Waals surface area contributed by atoms with Crippen molar-refractivity contribution in [3.63, 3.8) is 0 Å². The summed E-state index contributed by atoms with van der Waals surface area (Å²) in [6, 6.07) is 17.4. The number of likely N-dealkylation sites (tertiary alicyclic amines) is 1. The molecule has 2 aromatic carbocycles. The fraction of sp³-hybridized carbons (Fsp3) is 0.350. The van der Waals surface area contributed by atoms with Gasteiger partial charge in [0.15, 0.2) is 0 Å². The minimum Gasteiger partial charge on any atom is -0.497 e. The number of amides is 1. The number of nitrogens with zero attached hydrogens (tertiary/aromatic N) is 1. The second kappa shape index (κ2) is 8.03. The number of hydrogen-bond donors (Lipinski definition) is 1. The lowest BCUT2D eigenvalue weighted by atomic mass is 9.95. The number of para-hydroxylation sites is 1. The summed E-state index contributed by atoms with van der Waals surface area (Å²) in [5, 5.41) is 0. The van der Waals surface area contributed by atoms with Crippen LogP contribution in [0, 0.1) is 0 Å². The highest BCUT2D eigenvalue weighted by molar-refractivity contribution is 5.77. The van der Waals surface area contributed by atoms with Crippen LogP contribution in [-0.2, 0) is 4.79 Å². The molecule has 0 aliphatic carbocycles. The molecule has 25 heavy (non-hydrogen) atoms. The maximum atomic E-state index is 12.4. The highest BCUT2D eigenvalue weighted by Gasteiger charge is 2.33. The molecule has 0 saturated carbocycles. The van der Waals surface area contributed by atoms with Crippen LogP contribution in [0.3, 0.4) is 0 Å². The smallest absolute Gasteiger partial charge is 0.226 e. The number of methoxy groups -OCH3 is 1. The second-order valence-corrected chi connectivity index (χ2v) is 6.26. The number of rotatable bonds is 6. The van der Waals surface area contributed by atoms with Crippen LogP contribution < -0.4 is 15.2 Å². The third-order valence-electron chi connectivity index (χ3n) is 4.57. The van der Waals surface area contributed by atoms with Crippen molar-refractivity contribution in [2.24, 2.45) is 5.73 Å². The summed E-state index contributed by atoms with van der Waals surface area (Å²) in [6.07, 6.45) is 0.354. The van der Waals surface area contributed by atoms with Gasteiger partial charge in [0.1, 0.15) is 11.5 Å². The monoisotopic (exact) mass is 340 g/mol. The predicted octanol–water partition coefficient (Wildman–Crippen LogP) is 2.42. The molecule has 5 heteroatoms. The lowest BCUT2D eigenvalue weighted by molar-refractivity contribution is -0.130. The molecule has 2 aromatic rings. The number of benzene rings is 2. The molecule has 2 N–H and O–H groups in total. The molecular formula is C20H24N2O3. The van der Waals surface area contributed by atoms with Gasteiger partial charge in [-0.15, -0.1) is 0 Å². The van der Waals surface area contributed by atoms with Gasteiger partial charge in [0.2, 0.25) is 5.91 Å². The van der Waals surface area contributed by atoms with Gasteiger partial charge in [-0.2, -0.15) is 0 Å². The van der Waals surface area contributed by atoms with Gasteiger partial charge in [0.05, 0.1) is 20.1 Å². The molecule has 1 aliphatic rings. The van der Waals surface area contributed by atoms with Crippen molar-refractivity contribution >= 4 is 5.91 Å². The molecule has 132 valence electrons. The van der Waals surface area contributed by atoms with Gasteiger partial charge in [0.25, 0.3) is 0 Å². The highest BCUT2D eigenvalue weighted by Crippen LogP contribution is 2.29. The molecular weight excluding hydrogens is 316 g/mol. The molecule has 0 radical (unpaired) electrons. The van der Waals surface area contributed by atoms with E-state index in [2.05, 4.69) is 0 Å². The van der Waals surface area contributed by atoms with Gasteiger partial charge >= 0.3 is 0 Å². The van der Waals surface area contributed by atoms with Gasteiger partial charge in [-0.1, -0.05) is 30.3 Å². The fourth-order valence-electron chi connectivity index (χ4n) is 3.19. The molecule has 3 rings (SSSR count). The Morgan fingerprint density at radius 1 is 1.12 bits per heavy atom. The van der Waals surface area contributed by atoms with Gasteiger partial charge in [0, 0.05) is 25.0 Å². The molecule has 0 bridgehead atoms. The maximum Gasteiger partial charge on any atom is 0.226 e. The normalized spacial score (nSPS) is 19.7. The third kappa shape index (κ3) is 4.31. The molecule has 0 aromatic heterocycles. The molecule has 0 unspecified atom stereocenters. The summed E-state index contributed by atoms with van der Waals surface area (Å²) < 4.78 is 10.9. The number of ether oxygens (including phenoxy) is 2. The van der Waals surface area contributed by atoms with Crippen molar-refractivity contribution in [3.05, 3.63) is 60.2 Å². The maximum absolute atomic E-state index is 12.4. The first-order valence-corrected chi connectivity index (χ1v) is 8.52. The van der Waals surface area contributed by atoms with Gasteiger partial charge in [-0.05, 0) is 29.8 Å². The van der Waals surface area contributed by atoms with Crippen molar-refractivity contribution in [1.82, 2.24) is 4.90 Å². The molecule has 5 nitrogen and oxygen atoms in total. The van der Waals surface area contributed by atoms with E-state index in [1.807, 2.05) is 59.5 Å². The van der Waals surface area contributed by atoms with E-state index >= 15 is 0 Å². The Bertz CT molecular complexity index is 705. The van der Waals surface area contributed by atoms with Gasteiger partial charge in [-0.25, -0.2) is 0 Å². The molecule has 0 spiro atoms. The van der Waals surface area contributed by atoms with Crippen LogP contribution in [0.25, 0.3) is 0 Å². The van der Waals surface area contributed by atoms with E-state index in [1.54, 1.807) is 7.11 Å². The summed E-state index contributed by atoms with van der Waals surface area (Å²) >= 11 is 0. The molecule has 1 amide bonds. The lowest BCUT2D eigenvalue weighted by Gasteiger charge is -2.17. The van der Waals surface area contributed by atoms with E-state index in [1.165, 1.54) is 0 Å². The molecule has 1 heterocycles. The Labute approximate surface area is 148 Å². The zero-order chi connectivity index (χ0) is 17.6. The summed E-state index contributed by atoms with van der Waals surface area (Å²) in [7, 11) is 1.65. The minimum atomic E-state index is -0.0638. The standard InChI is InChI=1S/C20H24N2O3/c1-24-17-9-5-6-15(12-17)18-13-22(14-19(18)21)20(23)10-11-25-16-7-3-2-4-8-16/h2-9,12,18-19H,10-11,13-14,21H2,1H3/t18-,19+/m1/s1. The van der Waals surface area contributed by atoms with E-state index in [4.69, 9.17) is 15.2 Å². The van der Waals surface area contributed by atoms with Crippen LogP contribution in [0.2, 0.25) is 0 Å². The average molecular weight is 340 g/mol. The van der Waals surface area contributed by atoms with Crippen molar-refractivity contribution in [3.8, 4) is 11.5 Å². The first kappa shape index (κ1) is 17.3. The van der Waals surface area contributed by atoms with E-state index in [9.17, 15) is 4.79 Å². The van der Waals surface area contributed by atoms with Crippen LogP contribution in [0.1, 0.15) is 17.9 Å². The van der Waals surface area contributed by atoms with Crippen LogP contribution in [0.4, 0.5) is 0 Å². The fourth-order valence-corrected chi connectivity index (χ4v) is 3.19. The molecule has 2 atom stereocenters. The third-order valence-corrected chi connectivity index (χ3v) is 4.57. The number of carbonyl (C=O) groups excluding carboxylic acids is 1. The van der Waals surface area contributed by atoms with Gasteiger partial charge < -0.3 is 20.1 Å². The van der Waals surface area contributed by atoms with Crippen molar-refractivity contribution in [1.29, 1.82) is 0 Å². The van der Waals surface area contributed by atoms with Crippen molar-refractivity contribution in [2.45, 2.75) is 18.4 Å². The average Bonchev–Trinajstić information content (AvgIpc) is 3.04. The van der Waals surface area contributed by atoms with E-state index in [0.717, 1.165) is 17.1 Å². The number of carbonyl (C=O) groups is 1. The first-order chi connectivity index (χ1) is 12.2. The molecule has 1 saturated heterocycles. The Kier molecular flexibility index (Phi) is 5.56. The SMILES string of the molecule is COc1cccc([C@H]2CN(C(=O)CCOc3ccccc3)C[C@@H]2N)c1. The zero-order valence-corrected chi connectivity index (χ0v) is 14.4. The summed E-state index contributed by atoms with van der Waals surface area (Å²) in [5.74, 6) is 1.80. The number of hydrogen-bond acceptors (Lipinski definition) is 4. The predicted molar refractivity (Wildman–Crippen MR) is 96.8 cm³/mol. The topological polar surface area (TPSA) is 64.8 Å². The van der Waals surface area contributed by atoms with E-state index in [-0.39, 0.29) is 17.9 Å². The van der Waals surface area contributed by atoms with Crippen LogP contribution in [0.5, 0.6) is 11.5 Å². The lowest BCUT2D eigenvalue weighted by Crippen LogP contribution is -2.32. The van der Waals surface area contributed by atoms with Crippen molar-refractivity contribution < 1.29 is 14.3 Å². The zero-order valence-electron chi connectivity index (χ0n) is 14.4. The van der Waals surface area contributed by atoms with Crippen LogP contribution >= 0.6 is 0 Å². The summed E-state index contributed by atoms with van der Waals surface area (Å²) in [5.41, 5.74) is 7.40. The molecule has 1 fully saturated rings. The Morgan fingerprint density at radius 3 is 2.64 bits per heavy atom. The highest BCUT2D eigenvalue weighted by atomic mass is 16.5. The van der Waals surface area contributed by atoms with Crippen LogP contribution in [-0.4, -0.2) is 43.7 Å². The Morgan fingerprint density at radius 2 is 1.88 bits per heavy atom. The largest absolute Gasteiger partial charge is 0.497 e. The van der Waals surface area contributed by atoms with Gasteiger partial charge in [-0.3, -0.25) is 4.79 Å².